The van der Waals surface area contributed by atoms with Crippen LogP contribution in [-0.2, 0) is 10.0 Å². The Labute approximate surface area is 123 Å². The van der Waals surface area contributed by atoms with Crippen LogP contribution in [0.15, 0.2) is 14.7 Å². The molecular formula is C10H13BrN2O4S2. The molecule has 1 saturated heterocycles. The molecule has 1 aromatic heterocycles. The minimum Gasteiger partial charge on any atom is -0.477 e. The van der Waals surface area contributed by atoms with Gasteiger partial charge >= 0.3 is 5.97 Å². The summed E-state index contributed by atoms with van der Waals surface area (Å²) in [6.45, 7) is 2.23. The maximum absolute atomic E-state index is 12.5. The zero-order valence-corrected chi connectivity index (χ0v) is 13.1. The average Bonchev–Trinajstić information content (AvgIpc) is 2.59. The van der Waals surface area contributed by atoms with Crippen LogP contribution in [0.1, 0.15) is 16.1 Å². The number of sulfonamides is 1. The second-order valence-electron chi connectivity index (χ2n) is 4.06. The van der Waals surface area contributed by atoms with Gasteiger partial charge in [-0.05, 0) is 35.0 Å². The van der Waals surface area contributed by atoms with Crippen molar-refractivity contribution >= 4 is 43.3 Å². The second kappa shape index (κ2) is 5.88. The van der Waals surface area contributed by atoms with Crippen molar-refractivity contribution in [2.24, 2.45) is 0 Å². The van der Waals surface area contributed by atoms with Gasteiger partial charge in [0.05, 0.1) is 3.79 Å². The number of carboxylic acid groups (broad SMARTS) is 1. The van der Waals surface area contributed by atoms with Crippen molar-refractivity contribution in [2.75, 3.05) is 26.2 Å². The van der Waals surface area contributed by atoms with Crippen LogP contribution in [0, 0.1) is 0 Å². The van der Waals surface area contributed by atoms with E-state index in [2.05, 4.69) is 21.2 Å². The molecule has 0 atom stereocenters. The predicted molar refractivity (Wildman–Crippen MR) is 75.2 cm³/mol. The summed E-state index contributed by atoms with van der Waals surface area (Å²) in [5.41, 5.74) is 0. The fourth-order valence-corrected chi connectivity index (χ4v) is 5.67. The van der Waals surface area contributed by atoms with Gasteiger partial charge in [-0.1, -0.05) is 0 Å². The molecule has 1 aliphatic heterocycles. The summed E-state index contributed by atoms with van der Waals surface area (Å²) in [4.78, 5) is 10.9. The van der Waals surface area contributed by atoms with Crippen LogP contribution in [0.25, 0.3) is 0 Å². The Morgan fingerprint density at radius 3 is 2.79 bits per heavy atom. The van der Waals surface area contributed by atoms with Crippen LogP contribution < -0.4 is 5.32 Å². The summed E-state index contributed by atoms with van der Waals surface area (Å²) >= 11 is 4.06. The summed E-state index contributed by atoms with van der Waals surface area (Å²) in [7, 11) is -3.64. The van der Waals surface area contributed by atoms with Crippen molar-refractivity contribution in [3.05, 3.63) is 14.7 Å². The van der Waals surface area contributed by atoms with E-state index in [9.17, 15) is 13.2 Å². The molecule has 2 rings (SSSR count). The zero-order valence-electron chi connectivity index (χ0n) is 9.93. The standard InChI is InChI=1S/C10H13BrN2O4S2/c11-9-8(6-7(18-9)10(14)15)19(16,17)13-4-1-2-12-3-5-13/h6,12H,1-5H2,(H,14,15). The summed E-state index contributed by atoms with van der Waals surface area (Å²) in [6.07, 6.45) is 0.743. The van der Waals surface area contributed by atoms with Crippen molar-refractivity contribution in [3.8, 4) is 0 Å². The molecule has 0 radical (unpaired) electrons. The Balaban J connectivity index is 2.35. The van der Waals surface area contributed by atoms with Gasteiger partial charge in [0.2, 0.25) is 10.0 Å². The van der Waals surface area contributed by atoms with E-state index >= 15 is 0 Å². The second-order valence-corrected chi connectivity index (χ2v) is 8.34. The Morgan fingerprint density at radius 2 is 2.16 bits per heavy atom. The third kappa shape index (κ3) is 3.16. The Kier molecular flexibility index (Phi) is 4.62. The van der Waals surface area contributed by atoms with Gasteiger partial charge in [-0.25, -0.2) is 13.2 Å². The molecule has 106 valence electrons. The highest BCUT2D eigenvalue weighted by Gasteiger charge is 2.29. The number of aromatic carboxylic acids is 1. The van der Waals surface area contributed by atoms with E-state index in [-0.39, 0.29) is 9.77 Å². The van der Waals surface area contributed by atoms with Gasteiger partial charge in [-0.2, -0.15) is 4.31 Å². The van der Waals surface area contributed by atoms with Crippen molar-refractivity contribution in [3.63, 3.8) is 0 Å². The van der Waals surface area contributed by atoms with E-state index < -0.39 is 16.0 Å². The van der Waals surface area contributed by atoms with E-state index in [0.717, 1.165) is 24.3 Å². The number of halogens is 1. The normalized spacial score (nSPS) is 18.2. The smallest absolute Gasteiger partial charge is 0.345 e. The summed E-state index contributed by atoms with van der Waals surface area (Å²) in [6, 6.07) is 1.21. The highest BCUT2D eigenvalue weighted by molar-refractivity contribution is 9.11. The first kappa shape index (κ1) is 14.9. The van der Waals surface area contributed by atoms with E-state index in [1.54, 1.807) is 0 Å². The number of nitrogens with one attached hydrogen (secondary N) is 1. The van der Waals surface area contributed by atoms with Gasteiger partial charge in [-0.15, -0.1) is 11.3 Å². The van der Waals surface area contributed by atoms with E-state index in [4.69, 9.17) is 5.11 Å². The molecule has 0 bridgehead atoms. The van der Waals surface area contributed by atoms with Crippen LogP contribution >= 0.6 is 27.3 Å². The van der Waals surface area contributed by atoms with Crippen LogP contribution in [-0.4, -0.2) is 50.0 Å². The zero-order chi connectivity index (χ0) is 14.0. The van der Waals surface area contributed by atoms with Crippen molar-refractivity contribution in [2.45, 2.75) is 11.3 Å². The number of thiophene rings is 1. The monoisotopic (exact) mass is 368 g/mol. The molecule has 0 amide bonds. The van der Waals surface area contributed by atoms with Crippen LogP contribution in [0.5, 0.6) is 0 Å². The van der Waals surface area contributed by atoms with Gasteiger partial charge in [0.25, 0.3) is 0 Å². The molecule has 0 aliphatic carbocycles. The number of carbonyl (C=O) groups is 1. The Morgan fingerprint density at radius 1 is 1.42 bits per heavy atom. The first-order chi connectivity index (χ1) is 8.93. The molecule has 2 heterocycles. The average molecular weight is 369 g/mol. The van der Waals surface area contributed by atoms with Gasteiger partial charge in [0.15, 0.2) is 0 Å². The highest BCUT2D eigenvalue weighted by atomic mass is 79.9. The summed E-state index contributed by atoms with van der Waals surface area (Å²) < 4.78 is 26.7. The molecule has 0 aromatic carbocycles. The molecule has 0 saturated carbocycles. The molecule has 0 spiro atoms. The predicted octanol–water partition coefficient (Wildman–Crippen LogP) is 1.19. The molecular weight excluding hydrogens is 356 g/mol. The molecule has 6 nitrogen and oxygen atoms in total. The molecule has 1 aromatic rings. The molecule has 19 heavy (non-hydrogen) atoms. The highest BCUT2D eigenvalue weighted by Crippen LogP contribution is 2.33. The topological polar surface area (TPSA) is 86.7 Å². The van der Waals surface area contributed by atoms with Crippen molar-refractivity contribution in [1.29, 1.82) is 0 Å². The first-order valence-electron chi connectivity index (χ1n) is 5.66. The van der Waals surface area contributed by atoms with E-state index in [1.165, 1.54) is 10.4 Å². The van der Waals surface area contributed by atoms with Crippen molar-refractivity contribution in [1.82, 2.24) is 9.62 Å². The molecule has 1 fully saturated rings. The fourth-order valence-electron chi connectivity index (χ4n) is 1.83. The number of carboxylic acids is 1. The van der Waals surface area contributed by atoms with Crippen LogP contribution in [0.4, 0.5) is 0 Å². The number of hydrogen-bond acceptors (Lipinski definition) is 5. The van der Waals surface area contributed by atoms with Crippen LogP contribution in [0.3, 0.4) is 0 Å². The first-order valence-corrected chi connectivity index (χ1v) is 8.71. The maximum atomic E-state index is 12.5. The van der Waals surface area contributed by atoms with Gasteiger partial charge in [0.1, 0.15) is 9.77 Å². The van der Waals surface area contributed by atoms with Crippen LogP contribution in [0.2, 0.25) is 0 Å². The number of nitrogens with zero attached hydrogens (tertiary/aromatic N) is 1. The largest absolute Gasteiger partial charge is 0.477 e. The quantitative estimate of drug-likeness (QED) is 0.836. The van der Waals surface area contributed by atoms with Gasteiger partial charge in [-0.3, -0.25) is 0 Å². The Bertz CT molecular complexity index is 576. The summed E-state index contributed by atoms with van der Waals surface area (Å²) in [5.74, 6) is -1.12. The van der Waals surface area contributed by atoms with Gasteiger partial charge in [0, 0.05) is 19.6 Å². The SMILES string of the molecule is O=C(O)c1cc(S(=O)(=O)N2CCCNCC2)c(Br)s1. The molecule has 1 aliphatic rings. The third-order valence-electron chi connectivity index (χ3n) is 2.78. The lowest BCUT2D eigenvalue weighted by atomic mass is 10.4. The molecule has 9 heteroatoms. The molecule has 0 unspecified atom stereocenters. The third-order valence-corrected chi connectivity index (χ3v) is 6.92. The minimum absolute atomic E-state index is 0.0124. The lowest BCUT2D eigenvalue weighted by Crippen LogP contribution is -2.34. The van der Waals surface area contributed by atoms with E-state index in [0.29, 0.717) is 23.4 Å². The lowest BCUT2D eigenvalue weighted by molar-refractivity contribution is 0.0702. The van der Waals surface area contributed by atoms with Gasteiger partial charge < -0.3 is 10.4 Å². The number of rotatable bonds is 3. The van der Waals surface area contributed by atoms with Crippen molar-refractivity contribution < 1.29 is 18.3 Å². The fraction of sp³-hybridized carbons (Fsp3) is 0.500. The van der Waals surface area contributed by atoms with E-state index in [1.807, 2.05) is 0 Å². The molecule has 2 N–H and O–H groups in total. The lowest BCUT2D eigenvalue weighted by Gasteiger charge is -2.18. The maximum Gasteiger partial charge on any atom is 0.345 e. The minimum atomic E-state index is -3.64. The number of hydrogen-bond donors (Lipinski definition) is 2. The Hall–Kier alpha value is -0.480. The summed E-state index contributed by atoms with van der Waals surface area (Å²) in [5, 5.41) is 12.0.